The number of aromatic carboxylic acids is 1. The van der Waals surface area contributed by atoms with Gasteiger partial charge in [0.15, 0.2) is 6.79 Å². The summed E-state index contributed by atoms with van der Waals surface area (Å²) in [6.45, 7) is -0.217. The topological polar surface area (TPSA) is 91.3 Å². The Balaban J connectivity index is 3.24. The molecule has 1 N–H and O–H groups in total. The predicted octanol–water partition coefficient (Wildman–Crippen LogP) is 1.16. The van der Waals surface area contributed by atoms with Crippen LogP contribution in [0.15, 0.2) is 12.1 Å². The highest BCUT2D eigenvalue weighted by molar-refractivity contribution is 5.97. The monoisotopic (exact) mass is 270 g/mol. The van der Waals surface area contributed by atoms with Crippen LogP contribution in [0.3, 0.4) is 0 Å². The highest BCUT2D eigenvalue weighted by Crippen LogP contribution is 2.29. The zero-order valence-corrected chi connectivity index (χ0v) is 10.8. The summed E-state index contributed by atoms with van der Waals surface area (Å²) in [5, 5.41) is 9.02. The lowest BCUT2D eigenvalue weighted by molar-refractivity contribution is -0.0127. The lowest BCUT2D eigenvalue weighted by Crippen LogP contribution is -2.11. The van der Waals surface area contributed by atoms with Crippen molar-refractivity contribution in [3.8, 4) is 11.5 Å². The summed E-state index contributed by atoms with van der Waals surface area (Å²) in [7, 11) is 4.00. The first-order valence-electron chi connectivity index (χ1n) is 5.20. The van der Waals surface area contributed by atoms with Crippen LogP contribution < -0.4 is 9.47 Å². The van der Waals surface area contributed by atoms with Crippen LogP contribution in [0.1, 0.15) is 20.7 Å². The smallest absolute Gasteiger partial charge is 0.344 e. The van der Waals surface area contributed by atoms with E-state index >= 15 is 0 Å². The number of methoxy groups -OCH3 is 3. The average molecular weight is 270 g/mol. The maximum absolute atomic E-state index is 11.7. The van der Waals surface area contributed by atoms with Gasteiger partial charge in [-0.1, -0.05) is 0 Å². The molecule has 7 heteroatoms. The Morgan fingerprint density at radius 3 is 2.05 bits per heavy atom. The molecule has 0 amide bonds. The number of benzene rings is 1. The van der Waals surface area contributed by atoms with E-state index in [4.69, 9.17) is 19.3 Å². The summed E-state index contributed by atoms with van der Waals surface area (Å²) < 4.78 is 19.3. The molecule has 0 spiro atoms. The second kappa shape index (κ2) is 6.60. The Labute approximate surface area is 109 Å². The van der Waals surface area contributed by atoms with Crippen LogP contribution in [-0.4, -0.2) is 45.2 Å². The average Bonchev–Trinajstić information content (AvgIpc) is 2.42. The zero-order valence-electron chi connectivity index (χ0n) is 10.8. The summed E-state index contributed by atoms with van der Waals surface area (Å²) in [5.74, 6) is -1.77. The Hall–Kier alpha value is -2.28. The van der Waals surface area contributed by atoms with Gasteiger partial charge < -0.3 is 24.1 Å². The molecule has 0 aliphatic carbocycles. The number of carbonyl (C=O) groups is 2. The number of hydrogen-bond acceptors (Lipinski definition) is 6. The summed E-state index contributed by atoms with van der Waals surface area (Å²) in [6.07, 6.45) is 0. The van der Waals surface area contributed by atoms with Gasteiger partial charge in [0.1, 0.15) is 22.6 Å². The number of hydrogen-bond donors (Lipinski definition) is 1. The zero-order chi connectivity index (χ0) is 14.4. The fourth-order valence-corrected chi connectivity index (χ4v) is 1.41. The van der Waals surface area contributed by atoms with Crippen molar-refractivity contribution in [3.05, 3.63) is 23.3 Å². The van der Waals surface area contributed by atoms with Crippen LogP contribution in [0, 0.1) is 0 Å². The van der Waals surface area contributed by atoms with Crippen molar-refractivity contribution in [2.24, 2.45) is 0 Å². The molecule has 0 aromatic heterocycles. The number of carboxylic acid groups (broad SMARTS) is 1. The van der Waals surface area contributed by atoms with Crippen molar-refractivity contribution in [1.82, 2.24) is 0 Å². The quantitative estimate of drug-likeness (QED) is 0.612. The Bertz CT molecular complexity index is 481. The highest BCUT2D eigenvalue weighted by Gasteiger charge is 2.21. The number of ether oxygens (including phenoxy) is 4. The molecule has 0 bridgehead atoms. The minimum Gasteiger partial charge on any atom is -0.496 e. The third-order valence-electron chi connectivity index (χ3n) is 2.28. The fourth-order valence-electron chi connectivity index (χ4n) is 1.41. The Kier molecular flexibility index (Phi) is 5.13. The Morgan fingerprint density at radius 2 is 1.58 bits per heavy atom. The SMILES string of the molecule is COCOC(=O)c1cc(OC)c(C(=O)O)cc1OC. The molecule has 0 atom stereocenters. The fraction of sp³-hybridized carbons (Fsp3) is 0.333. The van der Waals surface area contributed by atoms with Crippen LogP contribution in [0.25, 0.3) is 0 Å². The molecular weight excluding hydrogens is 256 g/mol. The van der Waals surface area contributed by atoms with Crippen LogP contribution in [0.4, 0.5) is 0 Å². The molecule has 1 rings (SSSR count). The van der Waals surface area contributed by atoms with E-state index in [0.717, 1.165) is 0 Å². The van der Waals surface area contributed by atoms with E-state index in [1.54, 1.807) is 0 Å². The lowest BCUT2D eigenvalue weighted by Gasteiger charge is -2.12. The predicted molar refractivity (Wildman–Crippen MR) is 63.8 cm³/mol. The van der Waals surface area contributed by atoms with Gasteiger partial charge in [0, 0.05) is 7.11 Å². The molecule has 0 aliphatic rings. The van der Waals surface area contributed by atoms with Crippen molar-refractivity contribution < 1.29 is 33.6 Å². The van der Waals surface area contributed by atoms with Crippen LogP contribution in [0.5, 0.6) is 11.5 Å². The Morgan fingerprint density at radius 1 is 1.05 bits per heavy atom. The van der Waals surface area contributed by atoms with Crippen LogP contribution in [-0.2, 0) is 9.47 Å². The third-order valence-corrected chi connectivity index (χ3v) is 2.28. The molecule has 7 nitrogen and oxygen atoms in total. The molecule has 104 valence electrons. The molecule has 0 heterocycles. The minimum atomic E-state index is -1.19. The van der Waals surface area contributed by atoms with E-state index < -0.39 is 11.9 Å². The minimum absolute atomic E-state index is 0.0395. The van der Waals surface area contributed by atoms with Crippen molar-refractivity contribution in [1.29, 1.82) is 0 Å². The molecule has 0 aliphatic heterocycles. The van der Waals surface area contributed by atoms with Crippen molar-refractivity contribution in [2.75, 3.05) is 28.1 Å². The number of carbonyl (C=O) groups excluding carboxylic acids is 1. The van der Waals surface area contributed by atoms with E-state index in [2.05, 4.69) is 4.74 Å². The largest absolute Gasteiger partial charge is 0.496 e. The van der Waals surface area contributed by atoms with Crippen LogP contribution in [0.2, 0.25) is 0 Å². The summed E-state index contributed by atoms with van der Waals surface area (Å²) in [4.78, 5) is 22.8. The second-order valence-corrected chi connectivity index (χ2v) is 3.40. The molecular formula is C12H14O7. The molecule has 1 aromatic rings. The van der Waals surface area contributed by atoms with Crippen molar-refractivity contribution >= 4 is 11.9 Å². The maximum atomic E-state index is 11.7. The normalized spacial score (nSPS) is 9.84. The molecule has 0 radical (unpaired) electrons. The van der Waals surface area contributed by atoms with E-state index in [1.165, 1.54) is 33.5 Å². The highest BCUT2D eigenvalue weighted by atomic mass is 16.7. The van der Waals surface area contributed by atoms with Crippen molar-refractivity contribution in [3.63, 3.8) is 0 Å². The van der Waals surface area contributed by atoms with Gasteiger partial charge in [0.25, 0.3) is 0 Å². The summed E-state index contributed by atoms with van der Waals surface area (Å²) in [6, 6.07) is 2.45. The van der Waals surface area contributed by atoms with E-state index in [1.807, 2.05) is 0 Å². The van der Waals surface area contributed by atoms with Crippen LogP contribution >= 0.6 is 0 Å². The molecule has 0 saturated heterocycles. The first kappa shape index (κ1) is 14.8. The number of carboxylic acids is 1. The molecule has 19 heavy (non-hydrogen) atoms. The molecule has 1 aromatic carbocycles. The molecule has 0 saturated carbocycles. The van der Waals surface area contributed by atoms with Gasteiger partial charge in [-0.15, -0.1) is 0 Å². The van der Waals surface area contributed by atoms with Gasteiger partial charge in [0.05, 0.1) is 14.2 Å². The first-order valence-corrected chi connectivity index (χ1v) is 5.20. The number of esters is 1. The third kappa shape index (κ3) is 3.35. The molecule has 0 unspecified atom stereocenters. The number of rotatable bonds is 6. The van der Waals surface area contributed by atoms with Gasteiger partial charge in [0.2, 0.25) is 0 Å². The maximum Gasteiger partial charge on any atom is 0.344 e. The lowest BCUT2D eigenvalue weighted by atomic mass is 10.1. The van der Waals surface area contributed by atoms with Gasteiger partial charge in [-0.3, -0.25) is 0 Å². The summed E-state index contributed by atoms with van der Waals surface area (Å²) >= 11 is 0. The first-order chi connectivity index (χ1) is 9.04. The van der Waals surface area contributed by atoms with E-state index in [-0.39, 0.29) is 29.4 Å². The van der Waals surface area contributed by atoms with Gasteiger partial charge >= 0.3 is 11.9 Å². The standard InChI is InChI=1S/C12H14O7/c1-16-6-19-12(15)8-5-9(17-2)7(11(13)14)4-10(8)18-3/h4-5H,6H2,1-3H3,(H,13,14). The van der Waals surface area contributed by atoms with E-state index in [9.17, 15) is 9.59 Å². The van der Waals surface area contributed by atoms with Gasteiger partial charge in [-0.05, 0) is 12.1 Å². The summed E-state index contributed by atoms with van der Waals surface area (Å²) in [5.41, 5.74) is -0.0518. The van der Waals surface area contributed by atoms with E-state index in [0.29, 0.717) is 0 Å². The van der Waals surface area contributed by atoms with Gasteiger partial charge in [-0.2, -0.15) is 0 Å². The van der Waals surface area contributed by atoms with Gasteiger partial charge in [-0.25, -0.2) is 9.59 Å². The second-order valence-electron chi connectivity index (χ2n) is 3.40. The molecule has 0 fully saturated rings. The van der Waals surface area contributed by atoms with Crippen molar-refractivity contribution in [2.45, 2.75) is 0 Å².